The third-order valence-electron chi connectivity index (χ3n) is 7.48. The van der Waals surface area contributed by atoms with Gasteiger partial charge in [0, 0.05) is 37.7 Å². The topological polar surface area (TPSA) is 78.3 Å². The average molecular weight is 460 g/mol. The van der Waals surface area contributed by atoms with Gasteiger partial charge in [-0.05, 0) is 50.4 Å². The van der Waals surface area contributed by atoms with E-state index in [1.165, 1.54) is 0 Å². The Morgan fingerprint density at radius 1 is 1.12 bits per heavy atom. The second-order valence-corrected chi connectivity index (χ2v) is 10.2. The van der Waals surface area contributed by atoms with Crippen LogP contribution in [0.1, 0.15) is 67.4 Å². The monoisotopic (exact) mass is 460 g/mol. The van der Waals surface area contributed by atoms with Crippen molar-refractivity contribution >= 4 is 11.9 Å². The molecule has 1 aliphatic heterocycles. The summed E-state index contributed by atoms with van der Waals surface area (Å²) in [5.41, 5.74) is -3.49. The van der Waals surface area contributed by atoms with Crippen LogP contribution < -0.4 is 5.32 Å². The normalized spacial score (nSPS) is 35.8. The summed E-state index contributed by atoms with van der Waals surface area (Å²) in [5, 5.41) is 13.9. The van der Waals surface area contributed by atoms with Crippen LogP contribution in [0.15, 0.2) is 6.20 Å². The number of aromatic nitrogens is 2. The lowest BCUT2D eigenvalue weighted by molar-refractivity contribution is -0.142. The van der Waals surface area contributed by atoms with E-state index in [0.29, 0.717) is 31.1 Å². The Kier molecular flexibility index (Phi) is 4.75. The van der Waals surface area contributed by atoms with Crippen molar-refractivity contribution in [1.29, 1.82) is 0 Å². The number of piperidine rings is 1. The lowest BCUT2D eigenvalue weighted by atomic mass is 9.51. The molecular weight excluding hydrogens is 435 g/mol. The lowest BCUT2D eigenvalue weighted by Crippen LogP contribution is -2.62. The highest BCUT2D eigenvalue weighted by molar-refractivity contribution is 5.95. The van der Waals surface area contributed by atoms with Crippen molar-refractivity contribution in [3.05, 3.63) is 17.5 Å². The van der Waals surface area contributed by atoms with Gasteiger partial charge >= 0.3 is 6.18 Å². The Bertz CT molecular complexity index is 913. The number of carbonyl (C=O) groups is 1. The van der Waals surface area contributed by atoms with Crippen LogP contribution in [0.3, 0.4) is 0 Å². The fraction of sp³-hybridized carbons (Fsp3) is 0.762. The maximum Gasteiger partial charge on any atom is 0.434 e. The average Bonchev–Trinajstić information content (AvgIpc) is 2.64. The van der Waals surface area contributed by atoms with Crippen LogP contribution in [-0.4, -0.2) is 56.0 Å². The molecule has 5 aliphatic rings. The quantitative estimate of drug-likeness (QED) is 0.670. The SMILES string of the molecule is O=C(c1cnc(NC23CC4CC(CC(O)(C4)C2)C3)nc1C(F)(F)F)N1CCC(F)(F)CC1. The van der Waals surface area contributed by atoms with Gasteiger partial charge in [0.05, 0.1) is 11.2 Å². The standard InChI is InChI=1S/C21H25F5N4O2/c22-20(23)1-3-30(4-2-20)16(31)14-10-27-17(28-15(14)21(24,25)26)29-18-6-12-5-13(7-18)9-19(32,8-12)11-18/h10,12-13,32H,1-9,11H2,(H,27,28,29). The number of halogens is 5. The molecule has 2 heterocycles. The molecule has 4 bridgehead atoms. The molecule has 6 rings (SSSR count). The van der Waals surface area contributed by atoms with E-state index in [-0.39, 0.29) is 19.0 Å². The van der Waals surface area contributed by atoms with Crippen LogP contribution in [0.2, 0.25) is 0 Å². The lowest BCUT2D eigenvalue weighted by Gasteiger charge is -2.60. The molecule has 2 N–H and O–H groups in total. The van der Waals surface area contributed by atoms with Crippen molar-refractivity contribution in [2.45, 2.75) is 74.6 Å². The number of nitrogens with zero attached hydrogens (tertiary/aromatic N) is 3. The summed E-state index contributed by atoms with van der Waals surface area (Å²) < 4.78 is 68.1. The zero-order valence-corrected chi connectivity index (χ0v) is 17.4. The second-order valence-electron chi connectivity index (χ2n) is 10.2. The highest BCUT2D eigenvalue weighted by atomic mass is 19.4. The molecular formula is C21H25F5N4O2. The van der Waals surface area contributed by atoms with Crippen LogP contribution >= 0.6 is 0 Å². The number of carbonyl (C=O) groups excluding carboxylic acids is 1. The molecule has 0 radical (unpaired) electrons. The zero-order chi connectivity index (χ0) is 22.9. The summed E-state index contributed by atoms with van der Waals surface area (Å²) in [5.74, 6) is -3.52. The number of alkyl halides is 5. The van der Waals surface area contributed by atoms with E-state index in [4.69, 9.17) is 0 Å². The number of hydrogen-bond donors (Lipinski definition) is 2. The Morgan fingerprint density at radius 2 is 1.75 bits per heavy atom. The van der Waals surface area contributed by atoms with Gasteiger partial charge in [-0.1, -0.05) is 0 Å². The van der Waals surface area contributed by atoms with Gasteiger partial charge in [-0.2, -0.15) is 13.2 Å². The number of amides is 1. The Labute approximate surface area is 181 Å². The van der Waals surface area contributed by atoms with Gasteiger partial charge < -0.3 is 15.3 Å². The van der Waals surface area contributed by atoms with Crippen molar-refractivity contribution in [1.82, 2.24) is 14.9 Å². The maximum absolute atomic E-state index is 13.8. The van der Waals surface area contributed by atoms with Gasteiger partial charge in [0.2, 0.25) is 5.95 Å². The maximum atomic E-state index is 13.8. The van der Waals surface area contributed by atoms with Crippen LogP contribution in [-0.2, 0) is 6.18 Å². The summed E-state index contributed by atoms with van der Waals surface area (Å²) in [4.78, 5) is 21.3. The van der Waals surface area contributed by atoms with Gasteiger partial charge in [0.25, 0.3) is 11.8 Å². The molecule has 4 saturated carbocycles. The van der Waals surface area contributed by atoms with Crippen molar-refractivity contribution in [3.8, 4) is 0 Å². The van der Waals surface area contributed by atoms with E-state index < -0.39 is 53.2 Å². The fourth-order valence-corrected chi connectivity index (χ4v) is 6.62. The summed E-state index contributed by atoms with van der Waals surface area (Å²) >= 11 is 0. The van der Waals surface area contributed by atoms with Crippen LogP contribution in [0.25, 0.3) is 0 Å². The molecule has 1 saturated heterocycles. The van der Waals surface area contributed by atoms with E-state index in [2.05, 4.69) is 15.3 Å². The summed E-state index contributed by atoms with van der Waals surface area (Å²) in [6, 6.07) is 0. The van der Waals surface area contributed by atoms with E-state index in [1.54, 1.807) is 0 Å². The minimum absolute atomic E-state index is 0.232. The number of anilines is 1. The Morgan fingerprint density at radius 3 is 2.31 bits per heavy atom. The first-order chi connectivity index (χ1) is 14.9. The molecule has 32 heavy (non-hydrogen) atoms. The summed E-state index contributed by atoms with van der Waals surface area (Å²) in [6.07, 6.45) is -0.912. The van der Waals surface area contributed by atoms with Crippen molar-refractivity contribution < 1.29 is 31.9 Å². The van der Waals surface area contributed by atoms with Gasteiger partial charge in [-0.25, -0.2) is 18.7 Å². The molecule has 0 aromatic carbocycles. The largest absolute Gasteiger partial charge is 0.434 e. The van der Waals surface area contributed by atoms with E-state index in [1.807, 2.05) is 0 Å². The predicted octanol–water partition coefficient (Wildman–Crippen LogP) is 3.86. The molecule has 2 unspecified atom stereocenters. The molecule has 176 valence electrons. The minimum atomic E-state index is -4.91. The van der Waals surface area contributed by atoms with Crippen LogP contribution in [0.4, 0.5) is 27.9 Å². The van der Waals surface area contributed by atoms with Crippen molar-refractivity contribution in [2.24, 2.45) is 11.8 Å². The number of hydrogen-bond acceptors (Lipinski definition) is 5. The summed E-state index contributed by atoms with van der Waals surface area (Å²) in [6.45, 7) is -0.652. The Hall–Kier alpha value is -2.04. The van der Waals surface area contributed by atoms with E-state index in [0.717, 1.165) is 30.4 Å². The van der Waals surface area contributed by atoms with Crippen molar-refractivity contribution in [3.63, 3.8) is 0 Å². The number of likely N-dealkylation sites (tertiary alicyclic amines) is 1. The van der Waals surface area contributed by atoms with Gasteiger partial charge in [-0.3, -0.25) is 4.79 Å². The van der Waals surface area contributed by atoms with Crippen LogP contribution in [0.5, 0.6) is 0 Å². The third-order valence-corrected chi connectivity index (χ3v) is 7.48. The summed E-state index contributed by atoms with van der Waals surface area (Å²) in [7, 11) is 0. The molecule has 1 aromatic rings. The molecule has 6 nitrogen and oxygen atoms in total. The minimum Gasteiger partial charge on any atom is -0.390 e. The van der Waals surface area contributed by atoms with E-state index in [9.17, 15) is 31.9 Å². The highest BCUT2D eigenvalue weighted by Crippen LogP contribution is 2.58. The number of aliphatic hydroxyl groups is 1. The molecule has 2 atom stereocenters. The molecule has 11 heteroatoms. The molecule has 4 aliphatic carbocycles. The number of rotatable bonds is 3. The number of nitrogens with one attached hydrogen (secondary N) is 1. The predicted molar refractivity (Wildman–Crippen MR) is 103 cm³/mol. The van der Waals surface area contributed by atoms with Gasteiger partial charge in [-0.15, -0.1) is 0 Å². The molecule has 5 fully saturated rings. The van der Waals surface area contributed by atoms with Crippen molar-refractivity contribution in [2.75, 3.05) is 18.4 Å². The smallest absolute Gasteiger partial charge is 0.390 e. The van der Waals surface area contributed by atoms with Gasteiger partial charge in [0.1, 0.15) is 0 Å². The second kappa shape index (κ2) is 6.98. The van der Waals surface area contributed by atoms with Crippen LogP contribution in [0, 0.1) is 11.8 Å². The third kappa shape index (κ3) is 3.92. The first-order valence-electron chi connectivity index (χ1n) is 11.0. The molecule has 1 amide bonds. The Balaban J connectivity index is 1.41. The molecule has 0 spiro atoms. The fourth-order valence-electron chi connectivity index (χ4n) is 6.62. The highest BCUT2D eigenvalue weighted by Gasteiger charge is 2.57. The van der Waals surface area contributed by atoms with Gasteiger partial charge in [0.15, 0.2) is 5.69 Å². The first kappa shape index (κ1) is 21.8. The molecule has 1 aromatic heterocycles. The van der Waals surface area contributed by atoms with E-state index >= 15 is 0 Å². The first-order valence-corrected chi connectivity index (χ1v) is 11.0. The zero-order valence-electron chi connectivity index (χ0n) is 17.4.